The van der Waals surface area contributed by atoms with Crippen LogP contribution in [0.2, 0.25) is 0 Å². The highest BCUT2D eigenvalue weighted by atomic mass is 79.9. The van der Waals surface area contributed by atoms with Crippen LogP contribution in [0, 0.1) is 6.92 Å². The molecule has 0 saturated carbocycles. The van der Waals surface area contributed by atoms with E-state index in [1.54, 1.807) is 0 Å². The first-order valence-corrected chi connectivity index (χ1v) is 6.55. The first-order chi connectivity index (χ1) is 7.16. The monoisotopic (exact) mass is 288 g/mol. The Bertz CT molecular complexity index is 352. The van der Waals surface area contributed by atoms with Crippen molar-refractivity contribution in [1.82, 2.24) is 10.6 Å². The van der Waals surface area contributed by atoms with Crippen LogP contribution in [0.4, 0.5) is 0 Å². The van der Waals surface area contributed by atoms with Crippen LogP contribution in [-0.2, 0) is 0 Å². The molecule has 0 unspecified atom stereocenters. The molecule has 15 heavy (non-hydrogen) atoms. The number of nitrogens with one attached hydrogen (secondary N) is 2. The molecule has 2 heterocycles. The maximum Gasteiger partial charge on any atom is 0.261 e. The third-order valence-electron chi connectivity index (χ3n) is 2.48. The number of aryl methyl sites for hydroxylation is 1. The zero-order chi connectivity index (χ0) is 10.8. The van der Waals surface area contributed by atoms with Crippen molar-refractivity contribution < 1.29 is 4.79 Å². The molecule has 1 amide bonds. The fraction of sp³-hybridized carbons (Fsp3) is 0.500. The number of hydrogen-bond donors (Lipinski definition) is 2. The largest absolute Gasteiger partial charge is 0.347 e. The van der Waals surface area contributed by atoms with Crippen molar-refractivity contribution in [2.75, 3.05) is 13.1 Å². The summed E-state index contributed by atoms with van der Waals surface area (Å²) in [7, 11) is 0. The second-order valence-corrected chi connectivity index (χ2v) is 6.10. The van der Waals surface area contributed by atoms with Crippen LogP contribution in [0.5, 0.6) is 0 Å². The predicted molar refractivity (Wildman–Crippen MR) is 65.5 cm³/mol. The fourth-order valence-electron chi connectivity index (χ4n) is 1.61. The summed E-state index contributed by atoms with van der Waals surface area (Å²) < 4.78 is 1.04. The lowest BCUT2D eigenvalue weighted by atomic mass is 10.2. The highest BCUT2D eigenvalue weighted by molar-refractivity contribution is 9.11. The van der Waals surface area contributed by atoms with Gasteiger partial charge in [-0.25, -0.2) is 0 Å². The van der Waals surface area contributed by atoms with Gasteiger partial charge in [-0.05, 0) is 47.4 Å². The van der Waals surface area contributed by atoms with Crippen LogP contribution >= 0.6 is 27.3 Å². The molecule has 0 aliphatic carbocycles. The van der Waals surface area contributed by atoms with Gasteiger partial charge in [0.05, 0.1) is 8.66 Å². The second kappa shape index (κ2) is 4.63. The topological polar surface area (TPSA) is 41.1 Å². The Labute approximate surface area is 101 Å². The molecule has 82 valence electrons. The summed E-state index contributed by atoms with van der Waals surface area (Å²) in [5, 5.41) is 6.25. The van der Waals surface area contributed by atoms with Crippen molar-refractivity contribution in [3.8, 4) is 0 Å². The van der Waals surface area contributed by atoms with Gasteiger partial charge in [0.15, 0.2) is 0 Å². The first-order valence-electron chi connectivity index (χ1n) is 4.94. The third-order valence-corrected chi connectivity index (χ3v) is 4.61. The number of halogens is 1. The van der Waals surface area contributed by atoms with Gasteiger partial charge in [0.2, 0.25) is 0 Å². The zero-order valence-corrected chi connectivity index (χ0v) is 10.9. The molecule has 1 atom stereocenters. The van der Waals surface area contributed by atoms with Crippen LogP contribution in [0.3, 0.4) is 0 Å². The van der Waals surface area contributed by atoms with E-state index in [0.29, 0.717) is 6.04 Å². The Balaban J connectivity index is 2.00. The van der Waals surface area contributed by atoms with E-state index in [9.17, 15) is 4.79 Å². The van der Waals surface area contributed by atoms with E-state index < -0.39 is 0 Å². The van der Waals surface area contributed by atoms with Gasteiger partial charge >= 0.3 is 0 Å². The Morgan fingerprint density at radius 1 is 1.73 bits per heavy atom. The molecule has 2 rings (SSSR count). The van der Waals surface area contributed by atoms with E-state index >= 15 is 0 Å². The van der Waals surface area contributed by atoms with Crippen LogP contribution in [0.1, 0.15) is 21.7 Å². The smallest absolute Gasteiger partial charge is 0.261 e. The molecule has 1 aliphatic rings. The van der Waals surface area contributed by atoms with Gasteiger partial charge in [-0.15, -0.1) is 11.3 Å². The standard InChI is InChI=1S/C10H13BrN2OS/c1-6-4-8(15-9(6)11)10(14)13-7-2-3-12-5-7/h4,7,12H,2-3,5H2,1H3,(H,13,14)/t7-/m0/s1. The van der Waals surface area contributed by atoms with Crippen LogP contribution in [0.25, 0.3) is 0 Å². The summed E-state index contributed by atoms with van der Waals surface area (Å²) in [4.78, 5) is 12.6. The van der Waals surface area contributed by atoms with Gasteiger partial charge < -0.3 is 10.6 Å². The molecule has 1 aromatic heterocycles. The maximum absolute atomic E-state index is 11.8. The summed E-state index contributed by atoms with van der Waals surface area (Å²) >= 11 is 4.91. The number of carbonyl (C=O) groups excluding carboxylic acids is 1. The van der Waals surface area contributed by atoms with Crippen molar-refractivity contribution in [2.45, 2.75) is 19.4 Å². The summed E-state index contributed by atoms with van der Waals surface area (Å²) in [6.45, 7) is 3.88. The van der Waals surface area contributed by atoms with Crippen molar-refractivity contribution >= 4 is 33.2 Å². The second-order valence-electron chi connectivity index (χ2n) is 3.73. The summed E-state index contributed by atoms with van der Waals surface area (Å²) in [6, 6.07) is 2.21. The average molecular weight is 289 g/mol. The molecular formula is C10H13BrN2OS. The Morgan fingerprint density at radius 3 is 3.07 bits per heavy atom. The third kappa shape index (κ3) is 2.59. The van der Waals surface area contributed by atoms with Gasteiger partial charge in [0, 0.05) is 12.6 Å². The quantitative estimate of drug-likeness (QED) is 0.873. The number of rotatable bonds is 2. The summed E-state index contributed by atoms with van der Waals surface area (Å²) in [5.74, 6) is 0.0440. The minimum atomic E-state index is 0.0440. The SMILES string of the molecule is Cc1cc(C(=O)N[C@H]2CCNC2)sc1Br. The molecule has 0 radical (unpaired) electrons. The summed E-state index contributed by atoms with van der Waals surface area (Å²) in [6.07, 6.45) is 1.03. The fourth-order valence-corrected chi connectivity index (χ4v) is 3.04. The lowest BCUT2D eigenvalue weighted by Crippen LogP contribution is -2.35. The van der Waals surface area contributed by atoms with Crippen LogP contribution in [0.15, 0.2) is 9.85 Å². The van der Waals surface area contributed by atoms with E-state index in [-0.39, 0.29) is 5.91 Å². The van der Waals surface area contributed by atoms with Crippen LogP contribution < -0.4 is 10.6 Å². The zero-order valence-electron chi connectivity index (χ0n) is 8.47. The van der Waals surface area contributed by atoms with Crippen LogP contribution in [-0.4, -0.2) is 25.0 Å². The number of hydrogen-bond acceptors (Lipinski definition) is 3. The Morgan fingerprint density at radius 2 is 2.53 bits per heavy atom. The molecule has 0 aromatic carbocycles. The molecule has 1 aliphatic heterocycles. The predicted octanol–water partition coefficient (Wildman–Crippen LogP) is 1.91. The van der Waals surface area contributed by atoms with Crippen molar-refractivity contribution in [1.29, 1.82) is 0 Å². The van der Waals surface area contributed by atoms with Crippen molar-refractivity contribution in [2.24, 2.45) is 0 Å². The number of amides is 1. The lowest BCUT2D eigenvalue weighted by molar-refractivity contribution is 0.0944. The van der Waals surface area contributed by atoms with Gasteiger partial charge in [-0.2, -0.15) is 0 Å². The highest BCUT2D eigenvalue weighted by Crippen LogP contribution is 2.27. The molecule has 0 bridgehead atoms. The summed E-state index contributed by atoms with van der Waals surface area (Å²) in [5.41, 5.74) is 1.12. The Kier molecular flexibility index (Phi) is 3.43. The van der Waals surface area contributed by atoms with Gasteiger partial charge in [-0.1, -0.05) is 0 Å². The van der Waals surface area contributed by atoms with E-state index in [4.69, 9.17) is 0 Å². The molecule has 5 heteroatoms. The Hall–Kier alpha value is -0.390. The molecule has 3 nitrogen and oxygen atoms in total. The minimum absolute atomic E-state index is 0.0440. The number of thiophene rings is 1. The van der Waals surface area contributed by atoms with Crippen molar-refractivity contribution in [3.63, 3.8) is 0 Å². The maximum atomic E-state index is 11.8. The lowest BCUT2D eigenvalue weighted by Gasteiger charge is -2.09. The molecular weight excluding hydrogens is 276 g/mol. The van der Waals surface area contributed by atoms with Gasteiger partial charge in [0.1, 0.15) is 0 Å². The van der Waals surface area contributed by atoms with E-state index in [1.165, 1.54) is 11.3 Å². The van der Waals surface area contributed by atoms with E-state index in [2.05, 4.69) is 26.6 Å². The average Bonchev–Trinajstić information content (AvgIpc) is 2.78. The van der Waals surface area contributed by atoms with Gasteiger partial charge in [-0.3, -0.25) is 4.79 Å². The first kappa shape index (κ1) is 11.1. The van der Waals surface area contributed by atoms with Gasteiger partial charge in [0.25, 0.3) is 5.91 Å². The highest BCUT2D eigenvalue weighted by Gasteiger charge is 2.18. The minimum Gasteiger partial charge on any atom is -0.347 e. The van der Waals surface area contributed by atoms with E-state index in [1.807, 2.05) is 13.0 Å². The molecule has 1 fully saturated rings. The molecule has 2 N–H and O–H groups in total. The molecule has 1 saturated heterocycles. The van der Waals surface area contributed by atoms with Crippen molar-refractivity contribution in [3.05, 3.63) is 20.3 Å². The molecule has 1 aromatic rings. The normalized spacial score (nSPS) is 20.5. The molecule has 0 spiro atoms. The van der Waals surface area contributed by atoms with E-state index in [0.717, 1.165) is 33.7 Å². The number of carbonyl (C=O) groups is 1.